The van der Waals surface area contributed by atoms with E-state index in [0.29, 0.717) is 18.9 Å². The van der Waals surface area contributed by atoms with Crippen molar-refractivity contribution >= 4 is 23.8 Å². The van der Waals surface area contributed by atoms with Crippen LogP contribution in [-0.4, -0.2) is 78.7 Å². The third kappa shape index (κ3) is 8.41. The maximum Gasteiger partial charge on any atom is 0.246 e. The van der Waals surface area contributed by atoms with Crippen LogP contribution in [0.4, 0.5) is 0 Å². The fraction of sp³-hybridized carbons (Fsp3) is 0.469. The lowest BCUT2D eigenvalue weighted by atomic mass is 9.92. The number of rotatable bonds is 5. The van der Waals surface area contributed by atoms with Crippen LogP contribution in [0.3, 0.4) is 0 Å². The number of likely N-dealkylation sites (N-methyl/N-ethyl adjacent to an activating group) is 1. The van der Waals surface area contributed by atoms with Crippen LogP contribution in [0.5, 0.6) is 5.75 Å². The highest BCUT2D eigenvalue weighted by atomic mass is 16.5. The van der Waals surface area contributed by atoms with Gasteiger partial charge in [0, 0.05) is 31.6 Å². The van der Waals surface area contributed by atoms with Crippen molar-refractivity contribution in [1.82, 2.24) is 20.9 Å². The molecule has 9 nitrogen and oxygen atoms in total. The van der Waals surface area contributed by atoms with Crippen molar-refractivity contribution in [2.24, 2.45) is 5.92 Å². The third-order valence-electron chi connectivity index (χ3n) is 7.71. The molecule has 3 rings (SSSR count). The van der Waals surface area contributed by atoms with Gasteiger partial charge in [-0.25, -0.2) is 0 Å². The van der Waals surface area contributed by atoms with E-state index >= 15 is 0 Å². The molecular formula is C32H44N4O5. The van der Waals surface area contributed by atoms with Crippen molar-refractivity contribution < 1.29 is 24.2 Å². The number of carbonyl (C=O) groups is 3. The second-order valence-corrected chi connectivity index (χ2v) is 10.7. The van der Waals surface area contributed by atoms with E-state index in [1.165, 1.54) is 18.9 Å². The Bertz CT molecular complexity index is 1190. The third-order valence-corrected chi connectivity index (χ3v) is 7.71. The number of aliphatic hydroxyl groups is 1. The van der Waals surface area contributed by atoms with Crippen LogP contribution in [0.25, 0.3) is 6.08 Å². The summed E-state index contributed by atoms with van der Waals surface area (Å²) in [6.07, 6.45) is 3.27. The Balaban J connectivity index is 1.99. The highest BCUT2D eigenvalue weighted by Gasteiger charge is 2.38. The molecule has 1 heterocycles. The van der Waals surface area contributed by atoms with Gasteiger partial charge in [-0.15, -0.1) is 0 Å². The number of aliphatic hydroxyl groups excluding tert-OH is 1. The quantitative estimate of drug-likeness (QED) is 0.443. The molecule has 222 valence electrons. The predicted octanol–water partition coefficient (Wildman–Crippen LogP) is 2.71. The number of benzene rings is 2. The molecule has 6 atom stereocenters. The maximum absolute atomic E-state index is 13.7. The molecule has 0 saturated carbocycles. The van der Waals surface area contributed by atoms with E-state index in [4.69, 9.17) is 4.74 Å². The highest BCUT2D eigenvalue weighted by Crippen LogP contribution is 2.22. The summed E-state index contributed by atoms with van der Waals surface area (Å²) in [4.78, 5) is 42.2. The molecule has 9 heteroatoms. The lowest BCUT2D eigenvalue weighted by Crippen LogP contribution is -2.61. The molecule has 0 fully saturated rings. The summed E-state index contributed by atoms with van der Waals surface area (Å²) in [5, 5.41) is 19.7. The highest BCUT2D eigenvalue weighted by molar-refractivity contribution is 5.94. The van der Waals surface area contributed by atoms with Crippen molar-refractivity contribution in [2.45, 2.75) is 64.3 Å². The van der Waals surface area contributed by atoms with E-state index in [1.54, 1.807) is 0 Å². The number of hydrogen-bond donors (Lipinski definition) is 4. The van der Waals surface area contributed by atoms with Crippen LogP contribution in [0.1, 0.15) is 51.2 Å². The molecule has 0 radical (unpaired) electrons. The largest absolute Gasteiger partial charge is 0.492 e. The Hall–Kier alpha value is -3.69. The minimum absolute atomic E-state index is 0.0416. The van der Waals surface area contributed by atoms with Gasteiger partial charge in [0.1, 0.15) is 24.4 Å². The van der Waals surface area contributed by atoms with Gasteiger partial charge in [0.15, 0.2) is 0 Å². The molecular weight excluding hydrogens is 520 g/mol. The van der Waals surface area contributed by atoms with Crippen molar-refractivity contribution in [1.29, 1.82) is 0 Å². The van der Waals surface area contributed by atoms with Gasteiger partial charge in [0.25, 0.3) is 0 Å². The number of nitrogens with one attached hydrogen (secondary N) is 3. The average Bonchev–Trinajstić information content (AvgIpc) is 2.97. The summed E-state index contributed by atoms with van der Waals surface area (Å²) < 4.78 is 6.02. The van der Waals surface area contributed by atoms with Gasteiger partial charge < -0.3 is 30.7 Å². The monoisotopic (exact) mass is 564 g/mol. The Labute approximate surface area is 243 Å². The van der Waals surface area contributed by atoms with E-state index in [9.17, 15) is 19.5 Å². The van der Waals surface area contributed by atoms with Crippen LogP contribution in [0, 0.1) is 5.92 Å². The normalized spacial score (nSPS) is 24.4. The molecule has 3 amide bonds. The zero-order chi connectivity index (χ0) is 29.9. The van der Waals surface area contributed by atoms with Gasteiger partial charge in [0.05, 0.1) is 12.1 Å². The maximum atomic E-state index is 13.7. The van der Waals surface area contributed by atoms with Gasteiger partial charge >= 0.3 is 0 Å². The average molecular weight is 565 g/mol. The number of fused-ring (bicyclic) bond motifs is 1. The van der Waals surface area contributed by atoms with Crippen LogP contribution in [-0.2, 0) is 14.4 Å². The molecule has 3 unspecified atom stereocenters. The van der Waals surface area contributed by atoms with Crippen LogP contribution < -0.4 is 20.7 Å². The summed E-state index contributed by atoms with van der Waals surface area (Å²) in [5.41, 5.74) is 1.73. The fourth-order valence-corrected chi connectivity index (χ4v) is 5.03. The molecule has 1 aliphatic heterocycles. The first-order valence-corrected chi connectivity index (χ1v) is 14.3. The number of ether oxygens (including phenoxy) is 1. The lowest BCUT2D eigenvalue weighted by molar-refractivity contribution is -0.146. The Morgan fingerprint density at radius 3 is 2.34 bits per heavy atom. The Kier molecular flexibility index (Phi) is 11.9. The van der Waals surface area contributed by atoms with E-state index < -0.39 is 30.1 Å². The topological polar surface area (TPSA) is 120 Å². The molecule has 4 N–H and O–H groups in total. The molecule has 0 spiro atoms. The zero-order valence-electron chi connectivity index (χ0n) is 24.7. The molecule has 2 aromatic rings. The predicted molar refractivity (Wildman–Crippen MR) is 160 cm³/mol. The van der Waals surface area contributed by atoms with E-state index in [1.807, 2.05) is 87.5 Å². The first-order chi connectivity index (χ1) is 19.6. The van der Waals surface area contributed by atoms with Crippen molar-refractivity contribution in [3.63, 3.8) is 0 Å². The van der Waals surface area contributed by atoms with Gasteiger partial charge in [-0.05, 0) is 24.5 Å². The second-order valence-electron chi connectivity index (χ2n) is 10.7. The van der Waals surface area contributed by atoms with Gasteiger partial charge in [-0.2, -0.15) is 0 Å². The summed E-state index contributed by atoms with van der Waals surface area (Å²) >= 11 is 0. The van der Waals surface area contributed by atoms with Crippen molar-refractivity contribution in [2.75, 3.05) is 26.7 Å². The molecule has 0 aliphatic carbocycles. The number of nitrogens with zero attached hydrogens (tertiary/aromatic N) is 1. The van der Waals surface area contributed by atoms with Gasteiger partial charge in [-0.1, -0.05) is 87.9 Å². The van der Waals surface area contributed by atoms with Crippen molar-refractivity contribution in [3.8, 4) is 5.75 Å². The zero-order valence-corrected chi connectivity index (χ0v) is 24.7. The van der Waals surface area contributed by atoms with Crippen LogP contribution >= 0.6 is 0 Å². The summed E-state index contributed by atoms with van der Waals surface area (Å²) in [6.45, 7) is 8.27. The van der Waals surface area contributed by atoms with Crippen LogP contribution in [0.15, 0.2) is 60.7 Å². The molecule has 0 aromatic heterocycles. The van der Waals surface area contributed by atoms with Crippen LogP contribution in [0.2, 0.25) is 0 Å². The molecule has 0 saturated heterocycles. The molecule has 1 aliphatic rings. The minimum Gasteiger partial charge on any atom is -0.492 e. The van der Waals surface area contributed by atoms with E-state index in [0.717, 1.165) is 17.5 Å². The summed E-state index contributed by atoms with van der Waals surface area (Å²) in [6, 6.07) is 14.3. The van der Waals surface area contributed by atoms with E-state index in [-0.39, 0.29) is 30.2 Å². The smallest absolute Gasteiger partial charge is 0.246 e. The number of para-hydroxylation sites is 1. The fourth-order valence-electron chi connectivity index (χ4n) is 5.03. The molecule has 2 aromatic carbocycles. The summed E-state index contributed by atoms with van der Waals surface area (Å²) in [5.74, 6) is -1.02. The number of carbonyl (C=O) groups excluding carboxylic acids is 3. The number of amides is 3. The first kappa shape index (κ1) is 31.8. The Morgan fingerprint density at radius 2 is 1.66 bits per heavy atom. The lowest BCUT2D eigenvalue weighted by Gasteiger charge is -2.35. The second kappa shape index (κ2) is 15.3. The molecule has 41 heavy (non-hydrogen) atoms. The van der Waals surface area contributed by atoms with Gasteiger partial charge in [0.2, 0.25) is 17.7 Å². The first-order valence-electron chi connectivity index (χ1n) is 14.3. The number of hydrogen-bond acceptors (Lipinski definition) is 6. The Morgan fingerprint density at radius 1 is 0.976 bits per heavy atom. The SMILES string of the molecule is CCC(C)[C@@H]1NCCOc2ccccc2/C=C/CNC(=O)[C@@H](C(C)c2ccccc2)NC(=O)[C@H](C(C)O)N(C)C1=O. The summed E-state index contributed by atoms with van der Waals surface area (Å²) in [7, 11) is 1.52. The molecule has 0 bridgehead atoms. The van der Waals surface area contributed by atoms with Crippen molar-refractivity contribution in [3.05, 3.63) is 71.8 Å². The van der Waals surface area contributed by atoms with Gasteiger partial charge in [-0.3, -0.25) is 14.4 Å². The minimum atomic E-state index is -1.20. The standard InChI is InChI=1S/C32H44N4O5/c1-6-21(2)27-32(40)36(5)29(23(4)37)31(39)35-28(22(3)24-13-8-7-9-14-24)30(38)34-18-12-16-25-15-10-11-17-26(25)41-20-19-33-27/h7-17,21-23,27-29,33,37H,6,18-20H2,1-5H3,(H,34,38)(H,35,39)/b16-12+/t21?,22?,23?,27-,28+,29-/m0/s1. The van der Waals surface area contributed by atoms with E-state index in [2.05, 4.69) is 16.0 Å².